The fourth-order valence-electron chi connectivity index (χ4n) is 8.51. The van der Waals surface area contributed by atoms with Gasteiger partial charge in [-0.1, -0.05) is 84.9 Å². The second-order valence-corrected chi connectivity index (χ2v) is 14.6. The van der Waals surface area contributed by atoms with Gasteiger partial charge < -0.3 is 13.6 Å². The zero-order valence-corrected chi connectivity index (χ0v) is 28.6. The largest absolute Gasteiger partial charge is 0.456 e. The molecular formula is C47H27N3OS. The van der Waals surface area contributed by atoms with Gasteiger partial charge in [0.2, 0.25) is 0 Å². The highest BCUT2D eigenvalue weighted by molar-refractivity contribution is 7.26. The Labute approximate surface area is 301 Å². The summed E-state index contributed by atoms with van der Waals surface area (Å²) in [5.41, 5.74) is 11.0. The number of hydrogen-bond acceptors (Lipinski definition) is 3. The van der Waals surface area contributed by atoms with E-state index in [1.807, 2.05) is 35.9 Å². The first-order chi connectivity index (χ1) is 25.8. The number of thiophene rings is 1. The molecule has 0 bridgehead atoms. The van der Waals surface area contributed by atoms with Gasteiger partial charge in [-0.15, -0.1) is 11.3 Å². The lowest BCUT2D eigenvalue weighted by Gasteiger charge is -2.10. The number of fused-ring (bicyclic) bond motifs is 13. The van der Waals surface area contributed by atoms with Crippen LogP contribution in [0.1, 0.15) is 0 Å². The number of nitrogens with zero attached hydrogens (tertiary/aromatic N) is 3. The predicted octanol–water partition coefficient (Wildman–Crippen LogP) is 13.2. The molecule has 4 nitrogen and oxygen atoms in total. The Kier molecular flexibility index (Phi) is 5.62. The van der Waals surface area contributed by atoms with E-state index in [1.54, 1.807) is 0 Å². The van der Waals surface area contributed by atoms with Gasteiger partial charge in [0.15, 0.2) is 0 Å². The van der Waals surface area contributed by atoms with Crippen molar-refractivity contribution < 1.29 is 4.42 Å². The molecule has 12 aromatic rings. The van der Waals surface area contributed by atoms with Gasteiger partial charge in [-0.2, -0.15) is 0 Å². The van der Waals surface area contributed by atoms with Gasteiger partial charge in [0.25, 0.3) is 0 Å². The Hall–Kier alpha value is -6.69. The van der Waals surface area contributed by atoms with Crippen molar-refractivity contribution in [3.05, 3.63) is 164 Å². The SMILES string of the molecule is c1ccc2c(c1)oc1ccc(-c3cncc(-n4c5ccccc5c5c6sc7ccc(-n8c9ccccc9c9ccccc98)cc7c6ccc54)c3)cc12. The molecule has 242 valence electrons. The normalized spacial score (nSPS) is 12.2. The van der Waals surface area contributed by atoms with Crippen LogP contribution in [-0.2, 0) is 0 Å². The summed E-state index contributed by atoms with van der Waals surface area (Å²) in [6.45, 7) is 0. The van der Waals surface area contributed by atoms with Crippen molar-refractivity contribution in [1.29, 1.82) is 0 Å². The van der Waals surface area contributed by atoms with Crippen LogP contribution in [0.5, 0.6) is 0 Å². The Balaban J connectivity index is 1.06. The number of para-hydroxylation sites is 4. The highest BCUT2D eigenvalue weighted by Gasteiger charge is 2.19. The smallest absolute Gasteiger partial charge is 0.135 e. The first kappa shape index (κ1) is 28.1. The molecule has 5 heterocycles. The van der Waals surface area contributed by atoms with Crippen LogP contribution in [0.4, 0.5) is 0 Å². The van der Waals surface area contributed by atoms with Gasteiger partial charge in [0, 0.05) is 69.9 Å². The van der Waals surface area contributed by atoms with Gasteiger partial charge in [0.05, 0.1) is 34.0 Å². The fraction of sp³-hybridized carbons (Fsp3) is 0. The van der Waals surface area contributed by atoms with E-state index in [2.05, 4.69) is 149 Å². The molecule has 0 aliphatic heterocycles. The predicted molar refractivity (Wildman–Crippen MR) is 219 cm³/mol. The summed E-state index contributed by atoms with van der Waals surface area (Å²) in [7, 11) is 0. The molecule has 52 heavy (non-hydrogen) atoms. The molecule has 0 fully saturated rings. The average Bonchev–Trinajstić information content (AvgIpc) is 3.95. The summed E-state index contributed by atoms with van der Waals surface area (Å²) in [6, 6.07) is 54.7. The number of benzene rings is 7. The number of aromatic nitrogens is 3. The van der Waals surface area contributed by atoms with Crippen molar-refractivity contribution in [2.45, 2.75) is 0 Å². The molecule has 5 aromatic heterocycles. The summed E-state index contributed by atoms with van der Waals surface area (Å²) >= 11 is 1.88. The maximum Gasteiger partial charge on any atom is 0.135 e. The van der Waals surface area contributed by atoms with Gasteiger partial charge >= 0.3 is 0 Å². The number of hydrogen-bond donors (Lipinski definition) is 0. The quantitative estimate of drug-likeness (QED) is 0.186. The van der Waals surface area contributed by atoms with Crippen LogP contribution in [-0.4, -0.2) is 14.1 Å². The van der Waals surface area contributed by atoms with Crippen molar-refractivity contribution in [2.75, 3.05) is 0 Å². The molecule has 0 amide bonds. The Morgan fingerprint density at radius 2 is 1.10 bits per heavy atom. The molecule has 7 aromatic carbocycles. The standard InChI is InChI=1S/C47H27N3OS/c1-5-13-39-32(9-1)33-10-2-6-14-40(33)49(39)30-18-22-45-38(25-30)35-19-20-42-46(47(35)52-45)36-12-3-7-15-41(36)50(42)31-23-29(26-48-27-31)28-17-21-44-37(24-28)34-11-4-8-16-43(34)51-44/h1-27H. The maximum atomic E-state index is 6.12. The van der Waals surface area contributed by atoms with Crippen molar-refractivity contribution >= 4 is 97.1 Å². The molecule has 5 heteroatoms. The van der Waals surface area contributed by atoms with Crippen LogP contribution in [0.25, 0.3) is 108 Å². The van der Waals surface area contributed by atoms with Crippen molar-refractivity contribution in [3.8, 4) is 22.5 Å². The van der Waals surface area contributed by atoms with Crippen LogP contribution in [0, 0.1) is 0 Å². The van der Waals surface area contributed by atoms with E-state index in [4.69, 9.17) is 9.40 Å². The number of pyridine rings is 1. The van der Waals surface area contributed by atoms with Gasteiger partial charge in [-0.25, -0.2) is 0 Å². The minimum absolute atomic E-state index is 0.894. The van der Waals surface area contributed by atoms with E-state index in [0.717, 1.165) is 38.8 Å². The molecular weight excluding hydrogens is 655 g/mol. The highest BCUT2D eigenvalue weighted by Crippen LogP contribution is 2.44. The second kappa shape index (κ2) is 10.4. The van der Waals surface area contributed by atoms with Crippen molar-refractivity contribution in [1.82, 2.24) is 14.1 Å². The zero-order valence-electron chi connectivity index (χ0n) is 27.7. The van der Waals surface area contributed by atoms with Crippen LogP contribution < -0.4 is 0 Å². The first-order valence-corrected chi connectivity index (χ1v) is 18.3. The molecule has 12 rings (SSSR count). The zero-order chi connectivity index (χ0) is 33.9. The second-order valence-electron chi connectivity index (χ2n) is 13.6. The van der Waals surface area contributed by atoms with Crippen molar-refractivity contribution in [2.24, 2.45) is 0 Å². The van der Waals surface area contributed by atoms with E-state index in [1.165, 1.54) is 69.5 Å². The molecule has 0 aliphatic rings. The molecule has 0 saturated heterocycles. The monoisotopic (exact) mass is 681 g/mol. The number of rotatable bonds is 3. The topological polar surface area (TPSA) is 35.9 Å². The highest BCUT2D eigenvalue weighted by atomic mass is 32.1. The fourth-order valence-corrected chi connectivity index (χ4v) is 9.75. The Morgan fingerprint density at radius 3 is 1.90 bits per heavy atom. The van der Waals surface area contributed by atoms with Crippen LogP contribution in [0.2, 0.25) is 0 Å². The van der Waals surface area contributed by atoms with Gasteiger partial charge in [-0.3, -0.25) is 4.98 Å². The summed E-state index contributed by atoms with van der Waals surface area (Å²) in [5.74, 6) is 0. The van der Waals surface area contributed by atoms with E-state index in [-0.39, 0.29) is 0 Å². The lowest BCUT2D eigenvalue weighted by molar-refractivity contribution is 0.669. The van der Waals surface area contributed by atoms with Crippen LogP contribution in [0.3, 0.4) is 0 Å². The minimum atomic E-state index is 0.894. The lowest BCUT2D eigenvalue weighted by atomic mass is 10.0. The third-order valence-electron chi connectivity index (χ3n) is 10.8. The summed E-state index contributed by atoms with van der Waals surface area (Å²) in [4.78, 5) is 4.79. The molecule has 0 spiro atoms. The molecule has 0 unspecified atom stereocenters. The average molecular weight is 682 g/mol. The van der Waals surface area contributed by atoms with Gasteiger partial charge in [-0.05, 0) is 72.3 Å². The Bertz CT molecular complexity index is 3380. The van der Waals surface area contributed by atoms with Crippen LogP contribution in [0.15, 0.2) is 168 Å². The van der Waals surface area contributed by atoms with Crippen LogP contribution >= 0.6 is 11.3 Å². The third-order valence-corrected chi connectivity index (χ3v) is 12.0. The van der Waals surface area contributed by atoms with E-state index in [0.29, 0.717) is 0 Å². The molecule has 0 N–H and O–H groups in total. The Morgan fingerprint density at radius 1 is 0.423 bits per heavy atom. The van der Waals surface area contributed by atoms with E-state index >= 15 is 0 Å². The first-order valence-electron chi connectivity index (χ1n) is 17.5. The summed E-state index contributed by atoms with van der Waals surface area (Å²) in [6.07, 6.45) is 3.94. The maximum absolute atomic E-state index is 6.12. The minimum Gasteiger partial charge on any atom is -0.456 e. The molecule has 0 atom stereocenters. The lowest BCUT2D eigenvalue weighted by Crippen LogP contribution is -1.95. The summed E-state index contributed by atoms with van der Waals surface area (Å²) < 4.78 is 13.5. The third kappa shape index (κ3) is 3.83. The summed E-state index contributed by atoms with van der Waals surface area (Å²) in [5, 5.41) is 9.88. The molecule has 0 saturated carbocycles. The van der Waals surface area contributed by atoms with Gasteiger partial charge in [0.1, 0.15) is 11.2 Å². The number of furan rings is 1. The van der Waals surface area contributed by atoms with E-state index in [9.17, 15) is 0 Å². The van der Waals surface area contributed by atoms with Crippen molar-refractivity contribution in [3.63, 3.8) is 0 Å². The molecule has 0 aliphatic carbocycles. The van der Waals surface area contributed by atoms with E-state index < -0.39 is 0 Å². The molecule has 0 radical (unpaired) electrons.